The van der Waals surface area contributed by atoms with Crippen LogP contribution in [-0.2, 0) is 4.79 Å². The second-order valence-corrected chi connectivity index (χ2v) is 7.07. The van der Waals surface area contributed by atoms with Gasteiger partial charge < -0.3 is 24.4 Å². The molecule has 1 saturated heterocycles. The van der Waals surface area contributed by atoms with E-state index in [1.54, 1.807) is 53.4 Å². The van der Waals surface area contributed by atoms with Crippen molar-refractivity contribution in [2.45, 2.75) is 12.8 Å². The third kappa shape index (κ3) is 4.43. The van der Waals surface area contributed by atoms with E-state index in [0.29, 0.717) is 30.9 Å². The molecule has 2 aromatic heterocycles. The van der Waals surface area contributed by atoms with Gasteiger partial charge in [-0.3, -0.25) is 14.4 Å². The van der Waals surface area contributed by atoms with E-state index in [2.05, 4.69) is 10.6 Å². The van der Waals surface area contributed by atoms with Gasteiger partial charge in [0.25, 0.3) is 11.8 Å². The summed E-state index contributed by atoms with van der Waals surface area (Å²) in [7, 11) is 0. The van der Waals surface area contributed by atoms with E-state index in [-0.39, 0.29) is 35.2 Å². The number of hydrogen-bond acceptors (Lipinski definition) is 5. The number of rotatable bonds is 5. The Labute approximate surface area is 172 Å². The molecule has 30 heavy (non-hydrogen) atoms. The maximum atomic E-state index is 12.8. The van der Waals surface area contributed by atoms with Crippen molar-refractivity contribution in [1.29, 1.82) is 0 Å². The van der Waals surface area contributed by atoms with E-state index in [4.69, 9.17) is 8.83 Å². The van der Waals surface area contributed by atoms with Crippen molar-refractivity contribution in [2.75, 3.05) is 23.7 Å². The zero-order chi connectivity index (χ0) is 20.9. The summed E-state index contributed by atoms with van der Waals surface area (Å²) >= 11 is 0. The maximum absolute atomic E-state index is 12.8. The third-order valence-corrected chi connectivity index (χ3v) is 4.94. The van der Waals surface area contributed by atoms with Gasteiger partial charge in [-0.2, -0.15) is 0 Å². The Bertz CT molecular complexity index is 1030. The SMILES string of the molecule is O=C(Nc1cccc(NC(=O)C2CCCN(C(=O)c3ccco3)C2)c1)c1ccco1. The number of carbonyl (C=O) groups is 3. The number of amides is 3. The van der Waals surface area contributed by atoms with Gasteiger partial charge in [0.1, 0.15) is 0 Å². The van der Waals surface area contributed by atoms with Gasteiger partial charge in [-0.15, -0.1) is 0 Å². The van der Waals surface area contributed by atoms with Crippen molar-refractivity contribution in [2.24, 2.45) is 5.92 Å². The molecular formula is C22H21N3O5. The minimum absolute atomic E-state index is 0.165. The topological polar surface area (TPSA) is 105 Å². The number of nitrogens with one attached hydrogen (secondary N) is 2. The maximum Gasteiger partial charge on any atom is 0.291 e. The summed E-state index contributed by atoms with van der Waals surface area (Å²) in [6.45, 7) is 0.928. The van der Waals surface area contributed by atoms with Crippen LogP contribution in [0.1, 0.15) is 34.0 Å². The number of furan rings is 2. The summed E-state index contributed by atoms with van der Waals surface area (Å²) in [5.74, 6) is -0.590. The number of carbonyl (C=O) groups excluding carboxylic acids is 3. The molecule has 2 N–H and O–H groups in total. The molecule has 3 amide bonds. The fourth-order valence-electron chi connectivity index (χ4n) is 3.45. The molecule has 0 radical (unpaired) electrons. The lowest BCUT2D eigenvalue weighted by Gasteiger charge is -2.31. The highest BCUT2D eigenvalue weighted by Crippen LogP contribution is 2.22. The molecule has 0 bridgehead atoms. The van der Waals surface area contributed by atoms with Crippen LogP contribution in [0.2, 0.25) is 0 Å². The quantitative estimate of drug-likeness (QED) is 0.672. The molecule has 0 saturated carbocycles. The Morgan fingerprint density at radius 3 is 2.30 bits per heavy atom. The average molecular weight is 407 g/mol. The van der Waals surface area contributed by atoms with Crippen LogP contribution in [0, 0.1) is 5.92 Å². The molecule has 1 unspecified atom stereocenters. The van der Waals surface area contributed by atoms with Gasteiger partial charge in [0.15, 0.2) is 11.5 Å². The van der Waals surface area contributed by atoms with Gasteiger partial charge in [0.2, 0.25) is 5.91 Å². The van der Waals surface area contributed by atoms with Crippen LogP contribution < -0.4 is 10.6 Å². The first-order valence-corrected chi connectivity index (χ1v) is 9.69. The predicted octanol–water partition coefficient (Wildman–Crippen LogP) is 3.62. The van der Waals surface area contributed by atoms with E-state index in [0.717, 1.165) is 6.42 Å². The Balaban J connectivity index is 1.37. The summed E-state index contributed by atoms with van der Waals surface area (Å²) < 4.78 is 10.3. The monoisotopic (exact) mass is 407 g/mol. The lowest BCUT2D eigenvalue weighted by atomic mass is 9.96. The van der Waals surface area contributed by atoms with Crippen molar-refractivity contribution in [3.8, 4) is 0 Å². The van der Waals surface area contributed by atoms with Crippen LogP contribution in [0.3, 0.4) is 0 Å². The van der Waals surface area contributed by atoms with E-state index in [9.17, 15) is 14.4 Å². The normalized spacial score (nSPS) is 16.1. The second-order valence-electron chi connectivity index (χ2n) is 7.07. The average Bonchev–Trinajstić information content (AvgIpc) is 3.48. The lowest BCUT2D eigenvalue weighted by molar-refractivity contribution is -0.121. The van der Waals surface area contributed by atoms with Crippen LogP contribution in [0.25, 0.3) is 0 Å². The van der Waals surface area contributed by atoms with Crippen molar-refractivity contribution < 1.29 is 23.2 Å². The predicted molar refractivity (Wildman–Crippen MR) is 109 cm³/mol. The molecule has 4 rings (SSSR count). The first kappa shape index (κ1) is 19.5. The number of hydrogen-bond donors (Lipinski definition) is 2. The third-order valence-electron chi connectivity index (χ3n) is 4.94. The summed E-state index contributed by atoms with van der Waals surface area (Å²) in [6, 6.07) is 13.4. The molecule has 0 aliphatic carbocycles. The fourth-order valence-corrected chi connectivity index (χ4v) is 3.45. The molecule has 3 aromatic rings. The molecular weight excluding hydrogens is 386 g/mol. The van der Waals surface area contributed by atoms with Crippen LogP contribution in [0.15, 0.2) is 69.9 Å². The van der Waals surface area contributed by atoms with E-state index in [1.165, 1.54) is 12.5 Å². The van der Waals surface area contributed by atoms with Crippen LogP contribution in [0.5, 0.6) is 0 Å². The summed E-state index contributed by atoms with van der Waals surface area (Å²) in [5.41, 5.74) is 1.10. The molecule has 1 atom stereocenters. The van der Waals surface area contributed by atoms with E-state index >= 15 is 0 Å². The zero-order valence-electron chi connectivity index (χ0n) is 16.2. The molecule has 1 aliphatic rings. The minimum Gasteiger partial charge on any atom is -0.459 e. The number of nitrogens with zero attached hydrogens (tertiary/aromatic N) is 1. The van der Waals surface area contributed by atoms with Crippen molar-refractivity contribution in [3.05, 3.63) is 72.6 Å². The molecule has 0 spiro atoms. The molecule has 1 fully saturated rings. The highest BCUT2D eigenvalue weighted by Gasteiger charge is 2.30. The number of piperidine rings is 1. The van der Waals surface area contributed by atoms with Gasteiger partial charge in [-0.1, -0.05) is 6.07 Å². The molecule has 1 aromatic carbocycles. The Morgan fingerprint density at radius 1 is 0.900 bits per heavy atom. The second kappa shape index (κ2) is 8.69. The minimum atomic E-state index is -0.372. The zero-order valence-corrected chi connectivity index (χ0v) is 16.2. The number of benzene rings is 1. The fraction of sp³-hybridized carbons (Fsp3) is 0.227. The smallest absolute Gasteiger partial charge is 0.291 e. The summed E-state index contributed by atoms with van der Waals surface area (Å²) in [4.78, 5) is 39.0. The Kier molecular flexibility index (Phi) is 5.65. The van der Waals surface area contributed by atoms with Gasteiger partial charge >= 0.3 is 0 Å². The van der Waals surface area contributed by atoms with Gasteiger partial charge in [-0.25, -0.2) is 0 Å². The van der Waals surface area contributed by atoms with Gasteiger partial charge in [0, 0.05) is 24.5 Å². The standard InChI is InChI=1S/C22H21N3O5/c26-20(15-5-2-10-25(14-15)22(28)19-9-4-12-30-19)23-16-6-1-7-17(13-16)24-21(27)18-8-3-11-29-18/h1,3-4,6-9,11-13,15H,2,5,10,14H2,(H,23,26)(H,24,27). The van der Waals surface area contributed by atoms with Crippen molar-refractivity contribution in [1.82, 2.24) is 4.90 Å². The van der Waals surface area contributed by atoms with Gasteiger partial charge in [-0.05, 0) is 55.3 Å². The largest absolute Gasteiger partial charge is 0.459 e. The molecule has 8 nitrogen and oxygen atoms in total. The Morgan fingerprint density at radius 2 is 1.60 bits per heavy atom. The van der Waals surface area contributed by atoms with Crippen LogP contribution >= 0.6 is 0 Å². The highest BCUT2D eigenvalue weighted by molar-refractivity contribution is 6.03. The van der Waals surface area contributed by atoms with E-state index < -0.39 is 0 Å². The number of likely N-dealkylation sites (tertiary alicyclic amines) is 1. The summed E-state index contributed by atoms with van der Waals surface area (Å²) in [6.07, 6.45) is 4.32. The number of anilines is 2. The highest BCUT2D eigenvalue weighted by atomic mass is 16.3. The first-order valence-electron chi connectivity index (χ1n) is 9.69. The van der Waals surface area contributed by atoms with E-state index in [1.807, 2.05) is 0 Å². The van der Waals surface area contributed by atoms with Crippen molar-refractivity contribution in [3.63, 3.8) is 0 Å². The molecule has 8 heteroatoms. The molecule has 3 heterocycles. The van der Waals surface area contributed by atoms with Crippen molar-refractivity contribution >= 4 is 29.1 Å². The first-order chi connectivity index (χ1) is 14.6. The summed E-state index contributed by atoms with van der Waals surface area (Å²) in [5, 5.41) is 5.61. The van der Waals surface area contributed by atoms with Crippen LogP contribution in [0.4, 0.5) is 11.4 Å². The van der Waals surface area contributed by atoms with Gasteiger partial charge in [0.05, 0.1) is 18.4 Å². The van der Waals surface area contributed by atoms with Crippen LogP contribution in [-0.4, -0.2) is 35.7 Å². The Hall–Kier alpha value is -3.81. The molecule has 1 aliphatic heterocycles. The lowest BCUT2D eigenvalue weighted by Crippen LogP contribution is -2.43. The molecule has 154 valence electrons.